The van der Waals surface area contributed by atoms with Crippen molar-refractivity contribution in [2.45, 2.75) is 89.9 Å². The number of fused-ring (bicyclic) bond motifs is 4. The Balaban J connectivity index is 0.946. The highest BCUT2D eigenvalue weighted by Crippen LogP contribution is 2.49. The van der Waals surface area contributed by atoms with Gasteiger partial charge < -0.3 is 10.6 Å². The van der Waals surface area contributed by atoms with Gasteiger partial charge in [-0.3, -0.25) is 9.59 Å². The van der Waals surface area contributed by atoms with Crippen molar-refractivity contribution in [3.63, 3.8) is 0 Å². The highest BCUT2D eigenvalue weighted by atomic mass is 16.2. The number of amides is 2. The van der Waals surface area contributed by atoms with E-state index in [0.29, 0.717) is 35.5 Å². The fourth-order valence-corrected chi connectivity index (χ4v) is 6.77. The minimum Gasteiger partial charge on any atom is -0.356 e. The molecule has 2 amide bonds. The smallest absolute Gasteiger partial charge is 0.223 e. The first kappa shape index (κ1) is 20.2. The number of carbonyl (C=O) groups is 2. The van der Waals surface area contributed by atoms with E-state index in [-0.39, 0.29) is 0 Å². The molecule has 4 aliphatic carbocycles. The summed E-state index contributed by atoms with van der Waals surface area (Å²) in [5.41, 5.74) is 0. The van der Waals surface area contributed by atoms with Crippen LogP contribution in [0.25, 0.3) is 0 Å². The van der Waals surface area contributed by atoms with Crippen molar-refractivity contribution in [1.82, 2.24) is 10.6 Å². The molecule has 0 heterocycles. The number of unbranched alkanes of at least 4 members (excludes halogenated alkanes) is 5. The zero-order valence-electron chi connectivity index (χ0n) is 17.6. The third-order valence-electron chi connectivity index (χ3n) is 8.35. The molecule has 2 N–H and O–H groups in total. The van der Waals surface area contributed by atoms with Crippen molar-refractivity contribution >= 4 is 11.8 Å². The highest BCUT2D eigenvalue weighted by molar-refractivity contribution is 5.79. The molecule has 0 saturated heterocycles. The largest absolute Gasteiger partial charge is 0.356 e. The van der Waals surface area contributed by atoms with Crippen LogP contribution in [0.4, 0.5) is 0 Å². The van der Waals surface area contributed by atoms with E-state index in [9.17, 15) is 9.59 Å². The first-order valence-electron chi connectivity index (χ1n) is 12.3. The molecule has 4 fully saturated rings. The van der Waals surface area contributed by atoms with Gasteiger partial charge in [0.1, 0.15) is 0 Å². The summed E-state index contributed by atoms with van der Waals surface area (Å²) >= 11 is 0. The Bertz CT molecular complexity index is 501. The van der Waals surface area contributed by atoms with Gasteiger partial charge in [-0.15, -0.1) is 0 Å². The van der Waals surface area contributed by atoms with Crippen LogP contribution in [0.15, 0.2) is 0 Å². The number of hydrogen-bond acceptors (Lipinski definition) is 2. The van der Waals surface area contributed by atoms with Crippen LogP contribution in [-0.4, -0.2) is 24.9 Å². The second-order valence-corrected chi connectivity index (χ2v) is 10.3. The van der Waals surface area contributed by atoms with E-state index >= 15 is 0 Å². The van der Waals surface area contributed by atoms with Crippen molar-refractivity contribution in [3.8, 4) is 0 Å². The van der Waals surface area contributed by atoms with Crippen LogP contribution in [0.2, 0.25) is 0 Å². The molecule has 0 aliphatic heterocycles. The highest BCUT2D eigenvalue weighted by Gasteiger charge is 2.43. The minimum atomic E-state index is 0.327. The summed E-state index contributed by atoms with van der Waals surface area (Å²) in [6.07, 6.45) is 17.3. The van der Waals surface area contributed by atoms with Crippen LogP contribution < -0.4 is 10.6 Å². The van der Waals surface area contributed by atoms with Crippen molar-refractivity contribution in [2.24, 2.45) is 35.5 Å². The Morgan fingerprint density at radius 1 is 0.571 bits per heavy atom. The zero-order chi connectivity index (χ0) is 19.3. The standard InChI is InChI=1S/C24H40N2O2/c27-23(21-15-17-7-9-19(21)13-17)25-11-5-3-1-2-4-6-12-26-24(28)22-16-18-8-10-20(22)14-18/h17-22H,1-16H2,(H,25,27)(H,26,28)/t17-,18+,19-,20+,21-,22+. The van der Waals surface area contributed by atoms with E-state index in [0.717, 1.165) is 50.6 Å². The topological polar surface area (TPSA) is 58.2 Å². The van der Waals surface area contributed by atoms with Crippen molar-refractivity contribution in [3.05, 3.63) is 0 Å². The minimum absolute atomic E-state index is 0.327. The number of rotatable bonds is 11. The molecule has 4 saturated carbocycles. The molecule has 6 atom stereocenters. The first-order valence-corrected chi connectivity index (χ1v) is 12.3. The molecule has 0 aromatic carbocycles. The summed E-state index contributed by atoms with van der Waals surface area (Å²) in [6, 6.07) is 0. The third kappa shape index (κ3) is 4.91. The maximum Gasteiger partial charge on any atom is 0.223 e. The second-order valence-electron chi connectivity index (χ2n) is 10.3. The lowest BCUT2D eigenvalue weighted by atomic mass is 9.88. The Hall–Kier alpha value is -1.06. The van der Waals surface area contributed by atoms with Gasteiger partial charge in [0.15, 0.2) is 0 Å². The quantitative estimate of drug-likeness (QED) is 0.514. The van der Waals surface area contributed by atoms with Gasteiger partial charge in [-0.1, -0.05) is 38.5 Å². The third-order valence-corrected chi connectivity index (χ3v) is 8.35. The maximum atomic E-state index is 12.3. The normalized spacial score (nSPS) is 35.4. The van der Waals surface area contributed by atoms with E-state index in [1.807, 2.05) is 0 Å². The molecule has 0 unspecified atom stereocenters. The van der Waals surface area contributed by atoms with Crippen LogP contribution in [0, 0.1) is 35.5 Å². The average molecular weight is 389 g/mol. The van der Waals surface area contributed by atoms with Crippen LogP contribution in [0.5, 0.6) is 0 Å². The lowest BCUT2D eigenvalue weighted by molar-refractivity contribution is -0.127. The zero-order valence-corrected chi connectivity index (χ0v) is 17.6. The van der Waals surface area contributed by atoms with E-state index in [2.05, 4.69) is 10.6 Å². The SMILES string of the molecule is O=C(NCCCCCCCCNC(=O)[C@@H]1C[C@@H]2CC[C@@H]1C2)[C@H]1C[C@H]2CC[C@H]1C2. The van der Waals surface area contributed by atoms with E-state index in [1.165, 1.54) is 64.2 Å². The summed E-state index contributed by atoms with van der Waals surface area (Å²) in [6.45, 7) is 1.71. The Labute approximate surface area is 171 Å². The predicted molar refractivity (Wildman–Crippen MR) is 112 cm³/mol. The number of carbonyl (C=O) groups excluding carboxylic acids is 2. The Morgan fingerprint density at radius 3 is 1.36 bits per heavy atom. The fraction of sp³-hybridized carbons (Fsp3) is 0.917. The van der Waals surface area contributed by atoms with Crippen LogP contribution >= 0.6 is 0 Å². The first-order chi connectivity index (χ1) is 13.7. The number of nitrogens with one attached hydrogen (secondary N) is 2. The van der Waals surface area contributed by atoms with Gasteiger partial charge in [-0.05, 0) is 75.0 Å². The van der Waals surface area contributed by atoms with E-state index < -0.39 is 0 Å². The van der Waals surface area contributed by atoms with Gasteiger partial charge in [0.25, 0.3) is 0 Å². The summed E-state index contributed by atoms with van der Waals surface area (Å²) < 4.78 is 0. The van der Waals surface area contributed by atoms with E-state index in [4.69, 9.17) is 0 Å². The van der Waals surface area contributed by atoms with Gasteiger partial charge in [0.2, 0.25) is 11.8 Å². The van der Waals surface area contributed by atoms with E-state index in [1.54, 1.807) is 0 Å². The molecule has 0 spiro atoms. The molecule has 158 valence electrons. The summed E-state index contributed by atoms with van der Waals surface area (Å²) in [7, 11) is 0. The van der Waals surface area contributed by atoms with Crippen LogP contribution in [0.1, 0.15) is 89.9 Å². The molecule has 0 radical (unpaired) electrons. The summed E-state index contributed by atoms with van der Waals surface area (Å²) in [4.78, 5) is 24.6. The molecule has 4 rings (SSSR count). The number of hydrogen-bond donors (Lipinski definition) is 2. The Morgan fingerprint density at radius 2 is 1.00 bits per heavy atom. The lowest BCUT2D eigenvalue weighted by Gasteiger charge is -2.20. The Kier molecular flexibility index (Phi) is 6.95. The van der Waals surface area contributed by atoms with Gasteiger partial charge in [0.05, 0.1) is 0 Å². The molecular formula is C24H40N2O2. The van der Waals surface area contributed by atoms with Crippen molar-refractivity contribution < 1.29 is 9.59 Å². The van der Waals surface area contributed by atoms with Gasteiger partial charge >= 0.3 is 0 Å². The maximum absolute atomic E-state index is 12.3. The summed E-state index contributed by atoms with van der Waals surface area (Å²) in [5.74, 6) is 4.39. The van der Waals surface area contributed by atoms with Crippen molar-refractivity contribution in [2.75, 3.05) is 13.1 Å². The second kappa shape index (κ2) is 9.63. The lowest BCUT2D eigenvalue weighted by Crippen LogP contribution is -2.34. The molecule has 4 nitrogen and oxygen atoms in total. The molecular weight excluding hydrogens is 348 g/mol. The molecule has 4 aliphatic rings. The van der Waals surface area contributed by atoms with Crippen LogP contribution in [0.3, 0.4) is 0 Å². The molecule has 0 aromatic rings. The molecule has 28 heavy (non-hydrogen) atoms. The monoisotopic (exact) mass is 388 g/mol. The summed E-state index contributed by atoms with van der Waals surface area (Å²) in [5, 5.41) is 6.37. The predicted octanol–water partition coefficient (Wildman–Crippen LogP) is 4.43. The fourth-order valence-electron chi connectivity index (χ4n) is 6.77. The van der Waals surface area contributed by atoms with Crippen molar-refractivity contribution in [1.29, 1.82) is 0 Å². The van der Waals surface area contributed by atoms with Gasteiger partial charge in [-0.25, -0.2) is 0 Å². The average Bonchev–Trinajstić information content (AvgIpc) is 3.49. The van der Waals surface area contributed by atoms with Gasteiger partial charge in [0, 0.05) is 24.9 Å². The molecule has 4 bridgehead atoms. The molecule has 4 heteroatoms. The van der Waals surface area contributed by atoms with Gasteiger partial charge in [-0.2, -0.15) is 0 Å². The van der Waals surface area contributed by atoms with Crippen LogP contribution in [-0.2, 0) is 9.59 Å². The molecule has 0 aromatic heterocycles.